The van der Waals surface area contributed by atoms with E-state index in [2.05, 4.69) is 43.3 Å². The Bertz CT molecular complexity index is 1050. The maximum atomic E-state index is 14.1. The summed E-state index contributed by atoms with van der Waals surface area (Å²) in [5, 5.41) is 16.2. The highest BCUT2D eigenvalue weighted by molar-refractivity contribution is 5.99. The van der Waals surface area contributed by atoms with Crippen LogP contribution < -0.4 is 10.6 Å². The molecule has 2 aromatic rings. The number of aryl methyl sites for hydroxylation is 1. The average molecular weight is 464 g/mol. The van der Waals surface area contributed by atoms with E-state index in [4.69, 9.17) is 0 Å². The Morgan fingerprint density at radius 3 is 2.59 bits per heavy atom. The molecule has 2 aliphatic rings. The van der Waals surface area contributed by atoms with Crippen LogP contribution in [0.25, 0.3) is 0 Å². The summed E-state index contributed by atoms with van der Waals surface area (Å²) in [6.45, 7) is 10.9. The summed E-state index contributed by atoms with van der Waals surface area (Å²) < 4.78 is 0. The number of aromatic nitrogens is 1. The van der Waals surface area contributed by atoms with Crippen LogP contribution in [0.5, 0.6) is 5.75 Å². The van der Waals surface area contributed by atoms with Gasteiger partial charge in [0.05, 0.1) is 11.9 Å². The predicted molar refractivity (Wildman–Crippen MR) is 134 cm³/mol. The molecule has 5 atom stereocenters. The number of hydrogen-bond donors (Lipinski definition) is 3. The molecule has 0 saturated heterocycles. The minimum atomic E-state index is -0.276. The van der Waals surface area contributed by atoms with Gasteiger partial charge in [0.15, 0.2) is 5.78 Å². The molecule has 0 aliphatic heterocycles. The number of amides is 2. The van der Waals surface area contributed by atoms with E-state index in [1.54, 1.807) is 36.7 Å². The van der Waals surface area contributed by atoms with Crippen molar-refractivity contribution < 1.29 is 14.7 Å². The average Bonchev–Trinajstić information content (AvgIpc) is 2.74. The second kappa shape index (κ2) is 9.05. The molecule has 6 heteroatoms. The summed E-state index contributed by atoms with van der Waals surface area (Å²) in [7, 11) is 0. The van der Waals surface area contributed by atoms with Crippen molar-refractivity contribution in [2.24, 2.45) is 28.6 Å². The molecule has 2 fully saturated rings. The summed E-state index contributed by atoms with van der Waals surface area (Å²) in [6.07, 6.45) is 7.32. The summed E-state index contributed by atoms with van der Waals surface area (Å²) in [5.74, 6) is 0.167. The van der Waals surface area contributed by atoms with Crippen LogP contribution in [-0.4, -0.2) is 27.9 Å². The van der Waals surface area contributed by atoms with Crippen molar-refractivity contribution in [2.75, 3.05) is 5.32 Å². The number of nitrogens with one attached hydrogen (secondary N) is 2. The van der Waals surface area contributed by atoms with Crippen LogP contribution in [-0.2, 0) is 0 Å². The van der Waals surface area contributed by atoms with Crippen molar-refractivity contribution in [3.63, 3.8) is 0 Å². The second-order valence-electron chi connectivity index (χ2n) is 11.3. The first-order chi connectivity index (χ1) is 16.0. The number of Topliss-reactive ketones (excluding diaryl/α,β-unsaturated/α-hetero) is 1. The van der Waals surface area contributed by atoms with Crippen LogP contribution >= 0.6 is 0 Å². The number of nitrogens with zero attached hydrogens (tertiary/aromatic N) is 1. The van der Waals surface area contributed by atoms with E-state index in [-0.39, 0.29) is 46.3 Å². The number of hydrogen-bond acceptors (Lipinski definition) is 4. The lowest BCUT2D eigenvalue weighted by Crippen LogP contribution is -2.61. The first-order valence-electron chi connectivity index (χ1n) is 12.3. The van der Waals surface area contributed by atoms with E-state index in [1.165, 1.54) is 0 Å². The highest BCUT2D eigenvalue weighted by Gasteiger charge is 2.58. The van der Waals surface area contributed by atoms with Gasteiger partial charge in [-0.3, -0.25) is 9.78 Å². The van der Waals surface area contributed by atoms with E-state index in [0.29, 0.717) is 17.2 Å². The molecule has 3 N–H and O–H groups in total. The van der Waals surface area contributed by atoms with E-state index in [1.807, 2.05) is 13.0 Å². The van der Waals surface area contributed by atoms with Crippen LogP contribution in [0.4, 0.5) is 10.5 Å². The van der Waals surface area contributed by atoms with E-state index >= 15 is 0 Å². The number of rotatable bonds is 4. The molecule has 34 heavy (non-hydrogen) atoms. The zero-order valence-corrected chi connectivity index (χ0v) is 20.9. The number of aromatic hydroxyl groups is 1. The number of phenols is 1. The number of ketones is 1. The van der Waals surface area contributed by atoms with Crippen molar-refractivity contribution in [3.05, 3.63) is 53.9 Å². The number of carbonyl (C=O) groups is 2. The number of anilines is 1. The molecule has 1 aromatic heterocycles. The SMILES string of the molecule is Cc1cc(O)cc(C(=O)[C@H]2[C@H](C)[C@H](NC(=O)Nc3cccnc3)C[C@H]3C(C)(C)CCC[C@]23C)c1. The van der Waals surface area contributed by atoms with Crippen LogP contribution in [0.1, 0.15) is 69.3 Å². The summed E-state index contributed by atoms with van der Waals surface area (Å²) >= 11 is 0. The quantitative estimate of drug-likeness (QED) is 0.488. The van der Waals surface area contributed by atoms with E-state index in [0.717, 1.165) is 31.2 Å². The number of carbonyl (C=O) groups excluding carboxylic acids is 2. The molecular weight excluding hydrogens is 426 g/mol. The second-order valence-corrected chi connectivity index (χ2v) is 11.3. The smallest absolute Gasteiger partial charge is 0.319 e. The topological polar surface area (TPSA) is 91.3 Å². The molecule has 0 bridgehead atoms. The van der Waals surface area contributed by atoms with Crippen LogP contribution in [0, 0.1) is 35.5 Å². The van der Waals surface area contributed by atoms with Gasteiger partial charge in [-0.25, -0.2) is 4.79 Å². The van der Waals surface area contributed by atoms with Crippen molar-refractivity contribution in [1.29, 1.82) is 0 Å². The predicted octanol–water partition coefficient (Wildman–Crippen LogP) is 5.96. The largest absolute Gasteiger partial charge is 0.508 e. The molecular formula is C28H37N3O3. The van der Waals surface area contributed by atoms with Gasteiger partial charge in [-0.2, -0.15) is 0 Å². The Morgan fingerprint density at radius 1 is 1.15 bits per heavy atom. The minimum Gasteiger partial charge on any atom is -0.508 e. The van der Waals surface area contributed by atoms with Crippen molar-refractivity contribution >= 4 is 17.5 Å². The molecule has 0 spiro atoms. The van der Waals surface area contributed by atoms with Gasteiger partial charge in [-0.05, 0) is 84.7 Å². The Morgan fingerprint density at radius 2 is 1.91 bits per heavy atom. The van der Waals surface area contributed by atoms with Crippen molar-refractivity contribution in [3.8, 4) is 5.75 Å². The number of pyridine rings is 1. The van der Waals surface area contributed by atoms with Gasteiger partial charge in [0, 0.05) is 23.7 Å². The van der Waals surface area contributed by atoms with E-state index in [9.17, 15) is 14.7 Å². The lowest BCUT2D eigenvalue weighted by atomic mass is 9.45. The zero-order chi connectivity index (χ0) is 24.7. The number of urea groups is 1. The highest BCUT2D eigenvalue weighted by atomic mass is 16.3. The lowest BCUT2D eigenvalue weighted by Gasteiger charge is -2.60. The Kier molecular flexibility index (Phi) is 6.45. The summed E-state index contributed by atoms with van der Waals surface area (Å²) in [4.78, 5) is 31.0. The number of fused-ring (bicyclic) bond motifs is 1. The summed E-state index contributed by atoms with van der Waals surface area (Å²) in [6, 6.07) is 8.28. The molecule has 1 heterocycles. The van der Waals surface area contributed by atoms with Gasteiger partial charge in [0.2, 0.25) is 0 Å². The summed E-state index contributed by atoms with van der Waals surface area (Å²) in [5.41, 5.74) is 1.95. The van der Waals surface area contributed by atoms with E-state index < -0.39 is 0 Å². The Balaban J connectivity index is 1.67. The Labute approximate surface area is 202 Å². The maximum absolute atomic E-state index is 14.1. The third-order valence-electron chi connectivity index (χ3n) is 8.50. The normalized spacial score (nSPS) is 30.1. The number of benzene rings is 1. The zero-order valence-electron chi connectivity index (χ0n) is 20.9. The van der Waals surface area contributed by atoms with Gasteiger partial charge in [0.1, 0.15) is 5.75 Å². The van der Waals surface area contributed by atoms with Crippen molar-refractivity contribution in [1.82, 2.24) is 10.3 Å². The monoisotopic (exact) mass is 463 g/mol. The fourth-order valence-electron chi connectivity index (χ4n) is 7.01. The minimum absolute atomic E-state index is 0.0510. The molecule has 2 saturated carbocycles. The lowest BCUT2D eigenvalue weighted by molar-refractivity contribution is -0.0897. The van der Waals surface area contributed by atoms with Crippen molar-refractivity contribution in [2.45, 2.75) is 66.3 Å². The molecule has 1 aromatic carbocycles. The van der Waals surface area contributed by atoms with Gasteiger partial charge >= 0.3 is 6.03 Å². The molecule has 0 unspecified atom stereocenters. The standard InChI is InChI=1S/C28H37N3O3/c1-17-12-19(14-21(32)13-17)25(33)24-18(2)22(31-26(34)30-20-8-6-11-29-16-20)15-23-27(3,4)9-7-10-28(23,24)5/h6,8,11-14,16,18,22-24,32H,7,9-10,15H2,1-5H3,(H2,30,31,34)/t18-,22-,23+,24-,28+/m1/s1. The molecule has 182 valence electrons. The van der Waals surface area contributed by atoms with Crippen LogP contribution in [0.2, 0.25) is 0 Å². The third-order valence-corrected chi connectivity index (χ3v) is 8.50. The molecule has 2 amide bonds. The maximum Gasteiger partial charge on any atom is 0.319 e. The number of phenolic OH excluding ortho intramolecular Hbond substituents is 1. The third kappa shape index (κ3) is 4.55. The molecule has 6 nitrogen and oxygen atoms in total. The van der Waals surface area contributed by atoms with Gasteiger partial charge < -0.3 is 15.7 Å². The van der Waals surface area contributed by atoms with Gasteiger partial charge in [-0.1, -0.05) is 34.1 Å². The fraction of sp³-hybridized carbons (Fsp3) is 0.536. The van der Waals surface area contributed by atoms with Gasteiger partial charge in [-0.15, -0.1) is 0 Å². The molecule has 0 radical (unpaired) electrons. The highest BCUT2D eigenvalue weighted by Crippen LogP contribution is 2.61. The molecule has 4 rings (SSSR count). The van der Waals surface area contributed by atoms with Crippen LogP contribution in [0.15, 0.2) is 42.7 Å². The molecule has 2 aliphatic carbocycles. The van der Waals surface area contributed by atoms with Crippen LogP contribution in [0.3, 0.4) is 0 Å². The first-order valence-corrected chi connectivity index (χ1v) is 12.3. The Hall–Kier alpha value is -2.89. The first kappa shape index (κ1) is 24.2. The van der Waals surface area contributed by atoms with Gasteiger partial charge in [0.25, 0.3) is 0 Å². The fourth-order valence-corrected chi connectivity index (χ4v) is 7.01.